The van der Waals surface area contributed by atoms with E-state index in [9.17, 15) is 9.59 Å². The molecule has 1 amide bonds. The molecule has 166 valence electrons. The van der Waals surface area contributed by atoms with Gasteiger partial charge in [-0.1, -0.05) is 40.2 Å². The van der Waals surface area contributed by atoms with E-state index < -0.39 is 5.91 Å². The summed E-state index contributed by atoms with van der Waals surface area (Å²) in [7, 11) is 0. The highest BCUT2D eigenvalue weighted by molar-refractivity contribution is 7.98. The molecule has 1 N–H and O–H groups in total. The molecule has 0 bridgehead atoms. The Kier molecular flexibility index (Phi) is 7.02. The van der Waals surface area contributed by atoms with Crippen LogP contribution in [-0.4, -0.2) is 36.7 Å². The maximum Gasteiger partial charge on any atom is 0.278 e. The third kappa shape index (κ3) is 5.57. The van der Waals surface area contributed by atoms with Gasteiger partial charge in [0, 0.05) is 39.4 Å². The van der Waals surface area contributed by atoms with E-state index in [2.05, 4.69) is 25.6 Å². The first-order valence-electron chi connectivity index (χ1n) is 9.64. The number of halogens is 2. The van der Waals surface area contributed by atoms with Gasteiger partial charge in [0.25, 0.3) is 5.91 Å². The van der Waals surface area contributed by atoms with Crippen LogP contribution in [0.5, 0.6) is 0 Å². The minimum Gasteiger partial charge on any atom is -0.321 e. The van der Waals surface area contributed by atoms with Crippen molar-refractivity contribution in [2.24, 2.45) is 0 Å². The Balaban J connectivity index is 1.66. The third-order valence-corrected chi connectivity index (χ3v) is 5.82. The molecule has 11 heteroatoms. The molecule has 2 aromatic carbocycles. The number of nitrogens with one attached hydrogen (secondary N) is 1. The Bertz CT molecular complexity index is 1290. The van der Waals surface area contributed by atoms with Crippen molar-refractivity contribution in [2.75, 3.05) is 5.32 Å². The van der Waals surface area contributed by atoms with Gasteiger partial charge in [-0.25, -0.2) is 14.6 Å². The second-order valence-corrected chi connectivity index (χ2v) is 8.65. The molecule has 0 spiro atoms. The fourth-order valence-electron chi connectivity index (χ4n) is 2.95. The fraction of sp³-hybridized carbons (Fsp3) is 0.0909. The summed E-state index contributed by atoms with van der Waals surface area (Å²) in [6.07, 6.45) is 3.28. The number of aromatic nitrogens is 5. The van der Waals surface area contributed by atoms with Gasteiger partial charge in [0.1, 0.15) is 0 Å². The van der Waals surface area contributed by atoms with Crippen LogP contribution < -0.4 is 5.32 Å². The molecular formula is C22H16Cl2N6O2S. The summed E-state index contributed by atoms with van der Waals surface area (Å²) in [4.78, 5) is 32.9. The number of carbonyl (C=O) groups excluding carboxylic acids is 2. The summed E-state index contributed by atoms with van der Waals surface area (Å²) in [5, 5.41) is 12.5. The summed E-state index contributed by atoms with van der Waals surface area (Å²) >= 11 is 13.7. The minimum absolute atomic E-state index is 0.0570. The second kappa shape index (κ2) is 10.1. The van der Waals surface area contributed by atoms with E-state index in [0.29, 0.717) is 43.6 Å². The average Bonchev–Trinajstić information content (AvgIpc) is 3.22. The molecule has 4 rings (SSSR count). The average molecular weight is 499 g/mol. The van der Waals surface area contributed by atoms with Crippen LogP contribution in [0, 0.1) is 0 Å². The van der Waals surface area contributed by atoms with E-state index in [4.69, 9.17) is 23.2 Å². The summed E-state index contributed by atoms with van der Waals surface area (Å²) in [6, 6.07) is 13.3. The number of anilines is 1. The molecule has 0 saturated carbocycles. The normalized spacial score (nSPS) is 10.8. The molecule has 0 aliphatic rings. The number of rotatable bonds is 7. The molecule has 2 heterocycles. The third-order valence-electron chi connectivity index (χ3n) is 4.50. The molecule has 0 aliphatic heterocycles. The van der Waals surface area contributed by atoms with Crippen molar-refractivity contribution in [3.63, 3.8) is 0 Å². The Morgan fingerprint density at radius 3 is 2.33 bits per heavy atom. The number of ketones is 1. The van der Waals surface area contributed by atoms with Crippen molar-refractivity contribution in [2.45, 2.75) is 17.8 Å². The largest absolute Gasteiger partial charge is 0.321 e. The van der Waals surface area contributed by atoms with Crippen LogP contribution in [0.1, 0.15) is 33.5 Å². The highest BCUT2D eigenvalue weighted by atomic mass is 35.5. The topological polar surface area (TPSA) is 103 Å². The lowest BCUT2D eigenvalue weighted by atomic mass is 10.1. The maximum absolute atomic E-state index is 13.1. The minimum atomic E-state index is -0.450. The molecular weight excluding hydrogens is 483 g/mol. The van der Waals surface area contributed by atoms with E-state index in [1.54, 1.807) is 60.9 Å². The van der Waals surface area contributed by atoms with Gasteiger partial charge in [0.05, 0.1) is 11.4 Å². The van der Waals surface area contributed by atoms with Crippen molar-refractivity contribution in [3.8, 4) is 5.69 Å². The summed E-state index contributed by atoms with van der Waals surface area (Å²) in [6.45, 7) is 1.48. The Morgan fingerprint density at radius 1 is 1.03 bits per heavy atom. The van der Waals surface area contributed by atoms with Crippen molar-refractivity contribution < 1.29 is 9.59 Å². The number of thioether (sulfide) groups is 1. The van der Waals surface area contributed by atoms with Gasteiger partial charge in [-0.3, -0.25) is 9.59 Å². The second-order valence-electron chi connectivity index (χ2n) is 6.83. The number of nitrogens with zero attached hydrogens (tertiary/aromatic N) is 5. The van der Waals surface area contributed by atoms with Gasteiger partial charge >= 0.3 is 0 Å². The number of carbonyl (C=O) groups is 2. The molecule has 0 atom stereocenters. The van der Waals surface area contributed by atoms with E-state index >= 15 is 0 Å². The first kappa shape index (κ1) is 22.9. The lowest BCUT2D eigenvalue weighted by Crippen LogP contribution is -2.15. The van der Waals surface area contributed by atoms with Crippen LogP contribution in [0.4, 0.5) is 5.69 Å². The molecule has 0 saturated heterocycles. The molecule has 0 radical (unpaired) electrons. The van der Waals surface area contributed by atoms with Crippen molar-refractivity contribution in [1.82, 2.24) is 25.0 Å². The van der Waals surface area contributed by atoms with Gasteiger partial charge in [-0.05, 0) is 55.5 Å². The molecule has 0 unspecified atom stereocenters. The highest BCUT2D eigenvalue weighted by Crippen LogP contribution is 2.26. The number of hydrogen-bond acceptors (Lipinski definition) is 7. The number of benzene rings is 2. The molecule has 33 heavy (non-hydrogen) atoms. The van der Waals surface area contributed by atoms with Crippen molar-refractivity contribution >= 4 is 52.3 Å². The van der Waals surface area contributed by atoms with Crippen LogP contribution in [0.2, 0.25) is 10.0 Å². The van der Waals surface area contributed by atoms with E-state index in [1.165, 1.54) is 23.4 Å². The Hall–Kier alpha value is -3.27. The number of hydrogen-bond donors (Lipinski definition) is 1. The summed E-state index contributed by atoms with van der Waals surface area (Å²) < 4.78 is 1.52. The summed E-state index contributed by atoms with van der Waals surface area (Å²) in [5.41, 5.74) is 2.29. The first-order chi connectivity index (χ1) is 15.9. The Labute approximate surface area is 203 Å². The van der Waals surface area contributed by atoms with Gasteiger partial charge < -0.3 is 5.32 Å². The van der Waals surface area contributed by atoms with Crippen molar-refractivity contribution in [3.05, 3.63) is 87.9 Å². The van der Waals surface area contributed by atoms with Crippen LogP contribution in [0.3, 0.4) is 0 Å². The molecule has 4 aromatic rings. The van der Waals surface area contributed by atoms with E-state index in [1.807, 2.05) is 0 Å². The van der Waals surface area contributed by atoms with Gasteiger partial charge in [0.2, 0.25) is 0 Å². The zero-order chi connectivity index (χ0) is 23.4. The SMILES string of the molecule is CC(=O)c1ccc(NC(=O)c2nnn(-c3cc(Cl)cc(Cl)c3)c2CSc2ncccn2)cc1. The lowest BCUT2D eigenvalue weighted by molar-refractivity contribution is 0.101. The zero-order valence-electron chi connectivity index (χ0n) is 17.2. The van der Waals surface area contributed by atoms with Gasteiger partial charge in [-0.15, -0.1) is 5.10 Å². The smallest absolute Gasteiger partial charge is 0.278 e. The van der Waals surface area contributed by atoms with Gasteiger partial charge in [0.15, 0.2) is 16.6 Å². The predicted octanol–water partition coefficient (Wildman–Crippen LogP) is 5.11. The van der Waals surface area contributed by atoms with Crippen LogP contribution in [-0.2, 0) is 5.75 Å². The standard InChI is InChI=1S/C22H16Cl2N6O2S/c1-13(31)14-3-5-17(6-4-14)27-21(32)20-19(12-33-22-25-7-2-8-26-22)30(29-28-20)18-10-15(23)9-16(24)11-18/h2-11H,12H2,1H3,(H,27,32). The first-order valence-corrected chi connectivity index (χ1v) is 11.4. The zero-order valence-corrected chi connectivity index (χ0v) is 19.5. The number of Topliss-reactive ketones (excluding diaryl/α,β-unsaturated/α-hetero) is 1. The van der Waals surface area contributed by atoms with E-state index in [-0.39, 0.29) is 11.5 Å². The van der Waals surface area contributed by atoms with Crippen LogP contribution >= 0.6 is 35.0 Å². The molecule has 8 nitrogen and oxygen atoms in total. The summed E-state index contributed by atoms with van der Waals surface area (Å²) in [5.74, 6) is -0.194. The molecule has 0 fully saturated rings. The lowest BCUT2D eigenvalue weighted by Gasteiger charge is -2.09. The van der Waals surface area contributed by atoms with Crippen LogP contribution in [0.25, 0.3) is 5.69 Å². The molecule has 2 aromatic heterocycles. The number of amides is 1. The quantitative estimate of drug-likeness (QED) is 0.214. The van der Waals surface area contributed by atoms with E-state index in [0.717, 1.165) is 0 Å². The van der Waals surface area contributed by atoms with Crippen LogP contribution in [0.15, 0.2) is 66.1 Å². The monoisotopic (exact) mass is 498 g/mol. The Morgan fingerprint density at radius 2 is 1.70 bits per heavy atom. The van der Waals surface area contributed by atoms with Crippen molar-refractivity contribution in [1.29, 1.82) is 0 Å². The van der Waals surface area contributed by atoms with Gasteiger partial charge in [-0.2, -0.15) is 0 Å². The highest BCUT2D eigenvalue weighted by Gasteiger charge is 2.22. The molecule has 0 aliphatic carbocycles. The fourth-order valence-corrected chi connectivity index (χ4v) is 4.26. The predicted molar refractivity (Wildman–Crippen MR) is 127 cm³/mol. The maximum atomic E-state index is 13.1.